The minimum atomic E-state index is -2.70. The van der Waals surface area contributed by atoms with Gasteiger partial charge in [-0.05, 0) is 27.9 Å². The van der Waals surface area contributed by atoms with Gasteiger partial charge in [-0.25, -0.2) is 0 Å². The van der Waals surface area contributed by atoms with Crippen molar-refractivity contribution in [3.05, 3.63) is 72.5 Å². The smallest absolute Gasteiger partial charge is 0.261 e. The van der Waals surface area contributed by atoms with Crippen LogP contribution in [0.4, 0.5) is 0 Å². The van der Waals surface area contributed by atoms with Gasteiger partial charge in [0.25, 0.3) is 8.32 Å². The first-order chi connectivity index (χ1) is 13.3. The SMILES string of the molecule is CC1=CO[C@H](CO[Si](c2ccccc2)(c2ccccc2)C(C)(C)C)[C@@H](O)[C@@H]1O. The Bertz CT molecular complexity index is 759. The molecule has 1 heterocycles. The van der Waals surface area contributed by atoms with Crippen LogP contribution in [-0.2, 0) is 9.16 Å². The van der Waals surface area contributed by atoms with E-state index in [1.807, 2.05) is 36.4 Å². The van der Waals surface area contributed by atoms with Crippen molar-refractivity contribution in [1.82, 2.24) is 0 Å². The first-order valence-electron chi connectivity index (χ1n) is 9.70. The molecule has 0 bridgehead atoms. The quantitative estimate of drug-likeness (QED) is 0.760. The third-order valence-corrected chi connectivity index (χ3v) is 10.5. The molecule has 0 aliphatic carbocycles. The molecule has 2 aromatic carbocycles. The van der Waals surface area contributed by atoms with Gasteiger partial charge in [0.05, 0.1) is 12.9 Å². The van der Waals surface area contributed by atoms with E-state index in [0.717, 1.165) is 0 Å². The molecule has 1 aliphatic heterocycles. The van der Waals surface area contributed by atoms with Crippen LogP contribution in [0.1, 0.15) is 27.7 Å². The van der Waals surface area contributed by atoms with E-state index in [1.165, 1.54) is 16.6 Å². The molecule has 0 saturated heterocycles. The average molecular weight is 399 g/mol. The highest BCUT2D eigenvalue weighted by Crippen LogP contribution is 2.37. The minimum absolute atomic E-state index is 0.153. The second-order valence-corrected chi connectivity index (χ2v) is 12.8. The van der Waals surface area contributed by atoms with Crippen LogP contribution in [0.2, 0.25) is 5.04 Å². The molecule has 3 rings (SSSR count). The fourth-order valence-corrected chi connectivity index (χ4v) is 8.49. The van der Waals surface area contributed by atoms with E-state index >= 15 is 0 Å². The molecule has 0 fully saturated rings. The van der Waals surface area contributed by atoms with Gasteiger partial charge in [0.1, 0.15) is 18.3 Å². The summed E-state index contributed by atoms with van der Waals surface area (Å²) in [5.74, 6) is 0. The highest BCUT2D eigenvalue weighted by Gasteiger charge is 2.51. The largest absolute Gasteiger partial charge is 0.493 e. The van der Waals surface area contributed by atoms with Crippen molar-refractivity contribution in [3.63, 3.8) is 0 Å². The van der Waals surface area contributed by atoms with Crippen LogP contribution in [0.3, 0.4) is 0 Å². The molecule has 0 unspecified atom stereocenters. The average Bonchev–Trinajstić information content (AvgIpc) is 2.69. The zero-order valence-electron chi connectivity index (χ0n) is 17.0. The minimum Gasteiger partial charge on any atom is -0.493 e. The summed E-state index contributed by atoms with van der Waals surface area (Å²) in [6, 6.07) is 20.7. The van der Waals surface area contributed by atoms with Gasteiger partial charge in [0.15, 0.2) is 0 Å². The second-order valence-electron chi connectivity index (χ2n) is 8.45. The Morgan fingerprint density at radius 2 is 1.43 bits per heavy atom. The molecule has 2 aromatic rings. The van der Waals surface area contributed by atoms with Gasteiger partial charge in [0.2, 0.25) is 0 Å². The van der Waals surface area contributed by atoms with Crippen LogP contribution < -0.4 is 10.4 Å². The van der Waals surface area contributed by atoms with Gasteiger partial charge in [-0.2, -0.15) is 0 Å². The number of hydrogen-bond donors (Lipinski definition) is 2. The first kappa shape index (κ1) is 20.8. The Hall–Kier alpha value is -1.92. The molecule has 0 aromatic heterocycles. The summed E-state index contributed by atoms with van der Waals surface area (Å²) in [5, 5.41) is 22.9. The lowest BCUT2D eigenvalue weighted by Crippen LogP contribution is -2.67. The Morgan fingerprint density at radius 3 is 1.89 bits per heavy atom. The molecule has 28 heavy (non-hydrogen) atoms. The lowest BCUT2D eigenvalue weighted by atomic mass is 10.0. The van der Waals surface area contributed by atoms with Crippen molar-refractivity contribution in [3.8, 4) is 0 Å². The monoisotopic (exact) mass is 398 g/mol. The Balaban J connectivity index is 2.02. The maximum Gasteiger partial charge on any atom is 0.261 e. The molecule has 2 N–H and O–H groups in total. The summed E-state index contributed by atoms with van der Waals surface area (Å²) in [7, 11) is -2.70. The molecule has 0 radical (unpaired) electrons. The van der Waals surface area contributed by atoms with E-state index in [2.05, 4.69) is 45.0 Å². The molecule has 4 nitrogen and oxygen atoms in total. The zero-order chi connectivity index (χ0) is 20.4. The Morgan fingerprint density at radius 1 is 0.929 bits per heavy atom. The fourth-order valence-electron chi connectivity index (χ4n) is 3.92. The van der Waals surface area contributed by atoms with Crippen molar-refractivity contribution in [2.45, 2.75) is 51.0 Å². The highest BCUT2D eigenvalue weighted by atomic mass is 28.4. The maximum absolute atomic E-state index is 10.5. The Labute approximate surface area is 168 Å². The molecule has 150 valence electrons. The Kier molecular flexibility index (Phi) is 6.10. The van der Waals surface area contributed by atoms with E-state index in [-0.39, 0.29) is 11.6 Å². The molecule has 3 atom stereocenters. The van der Waals surface area contributed by atoms with Crippen LogP contribution in [0.25, 0.3) is 0 Å². The van der Waals surface area contributed by atoms with E-state index in [4.69, 9.17) is 9.16 Å². The number of ether oxygens (including phenoxy) is 1. The molecule has 0 spiro atoms. The summed E-state index contributed by atoms with van der Waals surface area (Å²) in [6.45, 7) is 8.56. The number of rotatable bonds is 5. The number of benzene rings is 2. The van der Waals surface area contributed by atoms with E-state index in [9.17, 15) is 10.2 Å². The van der Waals surface area contributed by atoms with Crippen molar-refractivity contribution < 1.29 is 19.4 Å². The second kappa shape index (κ2) is 8.21. The third-order valence-electron chi connectivity index (χ3n) is 5.48. The maximum atomic E-state index is 10.5. The van der Waals surface area contributed by atoms with Crippen LogP contribution in [0.5, 0.6) is 0 Å². The van der Waals surface area contributed by atoms with Gasteiger partial charge in [-0.3, -0.25) is 0 Å². The number of aliphatic hydroxyl groups excluding tert-OH is 2. The number of hydrogen-bond acceptors (Lipinski definition) is 4. The van der Waals surface area contributed by atoms with Crippen LogP contribution in [-0.4, -0.2) is 43.4 Å². The first-order valence-corrected chi connectivity index (χ1v) is 11.6. The van der Waals surface area contributed by atoms with Gasteiger partial charge in [0, 0.05) is 0 Å². The topological polar surface area (TPSA) is 58.9 Å². The van der Waals surface area contributed by atoms with Gasteiger partial charge >= 0.3 is 0 Å². The lowest BCUT2D eigenvalue weighted by Gasteiger charge is -2.44. The van der Waals surface area contributed by atoms with Gasteiger partial charge in [-0.15, -0.1) is 0 Å². The van der Waals surface area contributed by atoms with Crippen molar-refractivity contribution in [2.24, 2.45) is 0 Å². The molecule has 0 amide bonds. The van der Waals surface area contributed by atoms with Crippen molar-refractivity contribution in [1.29, 1.82) is 0 Å². The standard InChI is InChI=1S/C23H30O4Si/c1-17-15-26-20(22(25)21(17)24)16-27-28(23(2,3)4,18-11-7-5-8-12-18)19-13-9-6-10-14-19/h5-15,20-22,24-25H,16H2,1-4H3/t20-,21-,22-/m1/s1. The van der Waals surface area contributed by atoms with Crippen molar-refractivity contribution >= 4 is 18.7 Å². The predicted molar refractivity (Wildman–Crippen MR) is 114 cm³/mol. The van der Waals surface area contributed by atoms with Crippen molar-refractivity contribution in [2.75, 3.05) is 6.61 Å². The van der Waals surface area contributed by atoms with Crippen LogP contribution in [0, 0.1) is 0 Å². The zero-order valence-corrected chi connectivity index (χ0v) is 18.0. The molecular formula is C23H30O4Si. The summed E-state index contributed by atoms with van der Waals surface area (Å²) >= 11 is 0. The number of aliphatic hydroxyl groups is 2. The van der Waals surface area contributed by atoms with E-state index in [1.54, 1.807) is 6.92 Å². The highest BCUT2D eigenvalue weighted by molar-refractivity contribution is 6.99. The normalized spacial score (nSPS) is 23.1. The predicted octanol–water partition coefficient (Wildman–Crippen LogP) is 2.59. The molecular weight excluding hydrogens is 368 g/mol. The molecule has 1 aliphatic rings. The van der Waals surface area contributed by atoms with Crippen LogP contribution in [0.15, 0.2) is 72.5 Å². The lowest BCUT2D eigenvalue weighted by molar-refractivity contribution is -0.0837. The fraction of sp³-hybridized carbons (Fsp3) is 0.391. The summed E-state index contributed by atoms with van der Waals surface area (Å²) < 4.78 is 12.5. The van der Waals surface area contributed by atoms with E-state index < -0.39 is 26.6 Å². The van der Waals surface area contributed by atoms with Crippen LogP contribution >= 0.6 is 0 Å². The van der Waals surface area contributed by atoms with Gasteiger partial charge < -0.3 is 19.4 Å². The summed E-state index contributed by atoms with van der Waals surface area (Å²) in [5.41, 5.74) is 0.620. The summed E-state index contributed by atoms with van der Waals surface area (Å²) in [4.78, 5) is 0. The van der Waals surface area contributed by atoms with E-state index in [0.29, 0.717) is 5.57 Å². The molecule has 5 heteroatoms. The molecule has 0 saturated carbocycles. The summed E-state index contributed by atoms with van der Waals surface area (Å²) in [6.07, 6.45) is -1.03. The van der Waals surface area contributed by atoms with Gasteiger partial charge in [-0.1, -0.05) is 81.4 Å². The third kappa shape index (κ3) is 3.80.